The molecule has 19 heavy (non-hydrogen) atoms. The zero-order valence-corrected chi connectivity index (χ0v) is 11.5. The van der Waals surface area contributed by atoms with E-state index in [2.05, 4.69) is 0 Å². The molecule has 2 atom stereocenters. The number of esters is 1. The van der Waals surface area contributed by atoms with Gasteiger partial charge in [-0.05, 0) is 31.5 Å². The minimum Gasteiger partial charge on any atom is -0.462 e. The lowest BCUT2D eigenvalue weighted by Crippen LogP contribution is -2.35. The van der Waals surface area contributed by atoms with E-state index in [4.69, 9.17) is 15.2 Å². The highest BCUT2D eigenvalue weighted by atomic mass is 16.6. The van der Waals surface area contributed by atoms with Crippen molar-refractivity contribution < 1.29 is 14.3 Å². The Hall–Kier alpha value is -1.55. The Morgan fingerprint density at radius 3 is 2.68 bits per heavy atom. The molecule has 0 saturated carbocycles. The van der Waals surface area contributed by atoms with Crippen LogP contribution in [0.4, 0.5) is 5.69 Å². The molecule has 4 heteroatoms. The van der Waals surface area contributed by atoms with Crippen molar-refractivity contribution in [2.45, 2.75) is 51.4 Å². The van der Waals surface area contributed by atoms with Crippen LogP contribution in [0.1, 0.15) is 32.3 Å². The van der Waals surface area contributed by atoms with Crippen molar-refractivity contribution in [3.05, 3.63) is 29.8 Å². The Balaban J connectivity index is 1.87. The first kappa shape index (κ1) is 13.9. The van der Waals surface area contributed by atoms with Gasteiger partial charge in [0.1, 0.15) is 6.10 Å². The number of ether oxygens (including phenoxy) is 2. The van der Waals surface area contributed by atoms with Crippen LogP contribution in [0.2, 0.25) is 0 Å². The lowest BCUT2D eigenvalue weighted by Gasteiger charge is -2.31. The van der Waals surface area contributed by atoms with Gasteiger partial charge in [0, 0.05) is 18.5 Å². The van der Waals surface area contributed by atoms with Crippen LogP contribution in [0.15, 0.2) is 24.3 Å². The fourth-order valence-electron chi connectivity index (χ4n) is 2.54. The highest BCUT2D eigenvalue weighted by Gasteiger charge is 2.27. The minimum atomic E-state index is -0.197. The standard InChI is InChI=1S/C15H21NO3/c1-10-6-14(7-11(2)18-10)19-15(17)9-12-4-3-5-13(16)8-12/h3-5,8,10-11,14H,6-7,9,16H2,1-2H3. The van der Waals surface area contributed by atoms with E-state index in [1.54, 1.807) is 12.1 Å². The average Bonchev–Trinajstić information content (AvgIpc) is 2.26. The maximum absolute atomic E-state index is 11.9. The van der Waals surface area contributed by atoms with E-state index in [1.807, 2.05) is 26.0 Å². The number of hydrogen-bond acceptors (Lipinski definition) is 4. The molecule has 1 aromatic rings. The first-order valence-electron chi connectivity index (χ1n) is 6.72. The first-order chi connectivity index (χ1) is 9.02. The number of nitrogen functional groups attached to an aromatic ring is 1. The fourth-order valence-corrected chi connectivity index (χ4v) is 2.54. The second kappa shape index (κ2) is 6.06. The van der Waals surface area contributed by atoms with Crippen molar-refractivity contribution in [1.29, 1.82) is 0 Å². The van der Waals surface area contributed by atoms with Gasteiger partial charge in [-0.1, -0.05) is 12.1 Å². The predicted octanol–water partition coefficient (Wildman–Crippen LogP) is 2.31. The van der Waals surface area contributed by atoms with Crippen molar-refractivity contribution in [3.8, 4) is 0 Å². The van der Waals surface area contributed by atoms with E-state index in [-0.39, 0.29) is 30.7 Å². The molecule has 0 aliphatic carbocycles. The molecule has 1 aliphatic rings. The Bertz CT molecular complexity index is 437. The summed E-state index contributed by atoms with van der Waals surface area (Å²) < 4.78 is 11.1. The third-order valence-electron chi connectivity index (χ3n) is 3.25. The molecule has 2 unspecified atom stereocenters. The van der Waals surface area contributed by atoms with Gasteiger partial charge in [-0.25, -0.2) is 0 Å². The molecule has 0 radical (unpaired) electrons. The molecule has 0 amide bonds. The van der Waals surface area contributed by atoms with E-state index < -0.39 is 0 Å². The molecule has 1 aromatic carbocycles. The maximum Gasteiger partial charge on any atom is 0.310 e. The van der Waals surface area contributed by atoms with Gasteiger partial charge in [0.2, 0.25) is 0 Å². The molecule has 104 valence electrons. The second-order valence-electron chi connectivity index (χ2n) is 5.26. The number of nitrogens with two attached hydrogens (primary N) is 1. The third kappa shape index (κ3) is 4.24. The van der Waals surface area contributed by atoms with Crippen LogP contribution < -0.4 is 5.73 Å². The minimum absolute atomic E-state index is 0.0349. The Morgan fingerprint density at radius 2 is 2.05 bits per heavy atom. The third-order valence-corrected chi connectivity index (χ3v) is 3.25. The molecule has 2 N–H and O–H groups in total. The van der Waals surface area contributed by atoms with Gasteiger partial charge < -0.3 is 15.2 Å². The quantitative estimate of drug-likeness (QED) is 0.671. The predicted molar refractivity (Wildman–Crippen MR) is 73.7 cm³/mol. The summed E-state index contributed by atoms with van der Waals surface area (Å²) in [6.07, 6.45) is 2.07. The van der Waals surface area contributed by atoms with Gasteiger partial charge in [0.25, 0.3) is 0 Å². The van der Waals surface area contributed by atoms with E-state index in [0.717, 1.165) is 18.4 Å². The molecule has 0 spiro atoms. The van der Waals surface area contributed by atoms with E-state index >= 15 is 0 Å². The summed E-state index contributed by atoms with van der Waals surface area (Å²) in [4.78, 5) is 11.9. The highest BCUT2D eigenvalue weighted by Crippen LogP contribution is 2.22. The van der Waals surface area contributed by atoms with E-state index in [9.17, 15) is 4.79 Å². The van der Waals surface area contributed by atoms with Crippen molar-refractivity contribution >= 4 is 11.7 Å². The summed E-state index contributed by atoms with van der Waals surface area (Å²) in [5.74, 6) is -0.197. The van der Waals surface area contributed by atoms with Gasteiger partial charge in [0.15, 0.2) is 0 Å². The summed E-state index contributed by atoms with van der Waals surface area (Å²) in [5, 5.41) is 0. The Kier molecular flexibility index (Phi) is 4.43. The molecule has 2 rings (SSSR count). The zero-order chi connectivity index (χ0) is 13.8. The lowest BCUT2D eigenvalue weighted by atomic mass is 10.0. The van der Waals surface area contributed by atoms with E-state index in [1.165, 1.54) is 0 Å². The Morgan fingerprint density at radius 1 is 1.37 bits per heavy atom. The normalized spacial score (nSPS) is 26.9. The highest BCUT2D eigenvalue weighted by molar-refractivity contribution is 5.73. The number of hydrogen-bond donors (Lipinski definition) is 1. The largest absolute Gasteiger partial charge is 0.462 e. The number of benzene rings is 1. The van der Waals surface area contributed by atoms with Gasteiger partial charge in [-0.15, -0.1) is 0 Å². The summed E-state index contributed by atoms with van der Waals surface area (Å²) in [6.45, 7) is 4.02. The van der Waals surface area contributed by atoms with Crippen LogP contribution in [0.25, 0.3) is 0 Å². The summed E-state index contributed by atoms with van der Waals surface area (Å²) in [6, 6.07) is 7.33. The molecular weight excluding hydrogens is 242 g/mol. The van der Waals surface area contributed by atoms with Crippen molar-refractivity contribution in [2.24, 2.45) is 0 Å². The molecule has 0 aromatic heterocycles. The van der Waals surface area contributed by atoms with Crippen molar-refractivity contribution in [1.82, 2.24) is 0 Å². The molecule has 0 bridgehead atoms. The topological polar surface area (TPSA) is 61.5 Å². The van der Waals surface area contributed by atoms with Gasteiger partial charge in [-0.3, -0.25) is 4.79 Å². The summed E-state index contributed by atoms with van der Waals surface area (Å²) >= 11 is 0. The van der Waals surface area contributed by atoms with E-state index in [0.29, 0.717) is 5.69 Å². The molecule has 1 fully saturated rings. The molecule has 1 aliphatic heterocycles. The van der Waals surface area contributed by atoms with Crippen molar-refractivity contribution in [3.63, 3.8) is 0 Å². The maximum atomic E-state index is 11.9. The van der Waals surface area contributed by atoms with Gasteiger partial charge in [0.05, 0.1) is 18.6 Å². The van der Waals surface area contributed by atoms with Gasteiger partial charge >= 0.3 is 5.97 Å². The first-order valence-corrected chi connectivity index (χ1v) is 6.72. The van der Waals surface area contributed by atoms with Crippen LogP contribution in [0, 0.1) is 0 Å². The SMILES string of the molecule is CC1CC(OC(=O)Cc2cccc(N)c2)CC(C)O1. The molecular formula is C15H21NO3. The average molecular weight is 263 g/mol. The number of carbonyl (C=O) groups excluding carboxylic acids is 1. The van der Waals surface area contributed by atoms with Crippen LogP contribution in [0.3, 0.4) is 0 Å². The smallest absolute Gasteiger partial charge is 0.310 e. The number of carbonyl (C=O) groups is 1. The molecule has 1 saturated heterocycles. The monoisotopic (exact) mass is 263 g/mol. The second-order valence-corrected chi connectivity index (χ2v) is 5.26. The fraction of sp³-hybridized carbons (Fsp3) is 0.533. The zero-order valence-electron chi connectivity index (χ0n) is 11.5. The number of rotatable bonds is 3. The summed E-state index contributed by atoms with van der Waals surface area (Å²) in [5.41, 5.74) is 7.24. The molecule has 4 nitrogen and oxygen atoms in total. The number of anilines is 1. The Labute approximate surface area is 113 Å². The summed E-state index contributed by atoms with van der Waals surface area (Å²) in [7, 11) is 0. The van der Waals surface area contributed by atoms with Crippen LogP contribution in [-0.2, 0) is 20.7 Å². The molecule has 1 heterocycles. The lowest BCUT2D eigenvalue weighted by molar-refractivity contribution is -0.158. The van der Waals surface area contributed by atoms with Crippen LogP contribution >= 0.6 is 0 Å². The van der Waals surface area contributed by atoms with Crippen LogP contribution in [-0.4, -0.2) is 24.3 Å². The van der Waals surface area contributed by atoms with Gasteiger partial charge in [-0.2, -0.15) is 0 Å². The van der Waals surface area contributed by atoms with Crippen LogP contribution in [0.5, 0.6) is 0 Å². The van der Waals surface area contributed by atoms with Crippen molar-refractivity contribution in [2.75, 3.05) is 5.73 Å².